The number of hydrogen-bond acceptors (Lipinski definition) is 6. The zero-order valence-corrected chi connectivity index (χ0v) is 18.8. The number of halogens is 4. The Morgan fingerprint density at radius 3 is 2.56 bits per heavy atom. The number of aryl methyl sites for hydroxylation is 1. The molecule has 4 rings (SSSR count). The summed E-state index contributed by atoms with van der Waals surface area (Å²) in [5.41, 5.74) is 3.54. The van der Waals surface area contributed by atoms with Crippen LogP contribution in [0.25, 0.3) is 15.7 Å². The number of fused-ring (bicyclic) bond motifs is 1. The maximum absolute atomic E-state index is 10.6. The van der Waals surface area contributed by atoms with E-state index < -0.39 is 12.1 Å². The number of nitrogens with zero attached hydrogens (tertiary/aromatic N) is 4. The van der Waals surface area contributed by atoms with E-state index in [-0.39, 0.29) is 6.10 Å². The Balaban J connectivity index is 0.000000360. The van der Waals surface area contributed by atoms with Crippen LogP contribution in [0.2, 0.25) is 5.02 Å². The predicted octanol–water partition coefficient (Wildman–Crippen LogP) is 5.34. The van der Waals surface area contributed by atoms with Crippen molar-refractivity contribution in [1.29, 1.82) is 0 Å². The fourth-order valence-electron chi connectivity index (χ4n) is 3.06. The van der Waals surface area contributed by atoms with Crippen LogP contribution in [0.3, 0.4) is 0 Å². The van der Waals surface area contributed by atoms with Crippen molar-refractivity contribution in [2.24, 2.45) is 0 Å². The normalized spacial score (nSPS) is 13.3. The molecule has 1 aliphatic rings. The Hall–Kier alpha value is -2.66. The van der Waals surface area contributed by atoms with Crippen LogP contribution in [0.4, 0.5) is 13.2 Å². The molecular weight excluding hydrogens is 469 g/mol. The molecule has 1 N–H and O–H groups in total. The highest BCUT2D eigenvalue weighted by Gasteiger charge is 2.38. The summed E-state index contributed by atoms with van der Waals surface area (Å²) in [6.45, 7) is 3.96. The minimum Gasteiger partial charge on any atom is -0.489 e. The number of carboxylic acids is 1. The van der Waals surface area contributed by atoms with E-state index in [0.717, 1.165) is 28.5 Å². The lowest BCUT2D eigenvalue weighted by Gasteiger charge is -2.12. The maximum Gasteiger partial charge on any atom is 0.490 e. The first-order valence-electron chi connectivity index (χ1n) is 9.72. The van der Waals surface area contributed by atoms with E-state index in [2.05, 4.69) is 15.3 Å². The molecule has 0 amide bonds. The summed E-state index contributed by atoms with van der Waals surface area (Å²) in [6, 6.07) is 5.73. The van der Waals surface area contributed by atoms with Crippen LogP contribution in [0, 0.1) is 0 Å². The van der Waals surface area contributed by atoms with Gasteiger partial charge < -0.3 is 9.84 Å². The van der Waals surface area contributed by atoms with Crippen LogP contribution >= 0.6 is 22.9 Å². The minimum absolute atomic E-state index is 0.0856. The molecule has 0 spiro atoms. The molecule has 0 radical (unpaired) electrons. The highest BCUT2D eigenvalue weighted by molar-refractivity contribution is 7.17. The van der Waals surface area contributed by atoms with E-state index in [1.54, 1.807) is 0 Å². The molecule has 1 aliphatic carbocycles. The summed E-state index contributed by atoms with van der Waals surface area (Å²) in [6.07, 6.45) is 1.57. The highest BCUT2D eigenvalue weighted by Crippen LogP contribution is 2.33. The molecule has 1 aromatic carbocycles. The van der Waals surface area contributed by atoms with E-state index in [1.807, 2.05) is 42.9 Å². The molecule has 3 aromatic rings. The van der Waals surface area contributed by atoms with Crippen LogP contribution in [0.15, 0.2) is 24.4 Å². The van der Waals surface area contributed by atoms with Gasteiger partial charge in [-0.2, -0.15) is 18.3 Å². The summed E-state index contributed by atoms with van der Waals surface area (Å²) in [4.78, 5) is 8.90. The average molecular weight is 489 g/mol. The SMILES string of the molecule is CC(C)Oc1ccc(-c2nnc(-n3ncc4c3CCCC4)s2)cc1Cl.O=C(O)C(F)(F)F. The molecule has 7 nitrogen and oxygen atoms in total. The first-order chi connectivity index (χ1) is 15.1. The molecule has 32 heavy (non-hydrogen) atoms. The van der Waals surface area contributed by atoms with Crippen LogP contribution < -0.4 is 4.74 Å². The first-order valence-corrected chi connectivity index (χ1v) is 10.9. The quantitative estimate of drug-likeness (QED) is 0.533. The van der Waals surface area contributed by atoms with Crippen LogP contribution in [0.1, 0.15) is 37.9 Å². The Labute approximate surface area is 190 Å². The van der Waals surface area contributed by atoms with E-state index in [9.17, 15) is 13.2 Å². The molecule has 12 heteroatoms. The van der Waals surface area contributed by atoms with Crippen molar-refractivity contribution in [3.8, 4) is 21.5 Å². The van der Waals surface area contributed by atoms with Crippen LogP contribution in [-0.4, -0.2) is 43.3 Å². The number of alkyl halides is 3. The molecule has 0 unspecified atom stereocenters. The van der Waals surface area contributed by atoms with Crippen molar-refractivity contribution in [3.05, 3.63) is 40.7 Å². The second-order valence-electron chi connectivity index (χ2n) is 7.24. The third kappa shape index (κ3) is 5.77. The molecule has 0 bridgehead atoms. The number of hydrogen-bond donors (Lipinski definition) is 1. The van der Waals surface area contributed by atoms with Crippen molar-refractivity contribution in [3.63, 3.8) is 0 Å². The van der Waals surface area contributed by atoms with Crippen LogP contribution in [-0.2, 0) is 17.6 Å². The fraction of sp³-hybridized carbons (Fsp3) is 0.400. The van der Waals surface area contributed by atoms with Gasteiger partial charge in [0, 0.05) is 5.56 Å². The third-order valence-electron chi connectivity index (χ3n) is 4.44. The lowest BCUT2D eigenvalue weighted by molar-refractivity contribution is -0.192. The largest absolute Gasteiger partial charge is 0.490 e. The molecular formula is C20H20ClF3N4O3S. The van der Waals surface area contributed by atoms with Crippen molar-refractivity contribution >= 4 is 28.9 Å². The van der Waals surface area contributed by atoms with Gasteiger partial charge in [-0.1, -0.05) is 22.9 Å². The molecule has 0 atom stereocenters. The molecule has 0 aliphatic heterocycles. The Kier molecular flexibility index (Phi) is 7.40. The van der Waals surface area contributed by atoms with Gasteiger partial charge in [0.2, 0.25) is 5.13 Å². The first kappa shape index (κ1) is 24.0. The Bertz CT molecular complexity index is 1100. The van der Waals surface area contributed by atoms with Crippen molar-refractivity contribution < 1.29 is 27.8 Å². The van der Waals surface area contributed by atoms with Crippen molar-refractivity contribution in [1.82, 2.24) is 20.0 Å². The van der Waals surface area contributed by atoms with Gasteiger partial charge in [-0.15, -0.1) is 10.2 Å². The summed E-state index contributed by atoms with van der Waals surface area (Å²) < 4.78 is 39.4. The fourth-order valence-corrected chi connectivity index (χ4v) is 4.11. The van der Waals surface area contributed by atoms with Gasteiger partial charge in [-0.05, 0) is 63.3 Å². The van der Waals surface area contributed by atoms with Crippen molar-refractivity contribution in [2.45, 2.75) is 51.8 Å². The van der Waals surface area contributed by atoms with E-state index >= 15 is 0 Å². The lowest BCUT2D eigenvalue weighted by Crippen LogP contribution is -2.21. The van der Waals surface area contributed by atoms with E-state index in [1.165, 1.54) is 35.4 Å². The van der Waals surface area contributed by atoms with Gasteiger partial charge in [-0.3, -0.25) is 0 Å². The summed E-state index contributed by atoms with van der Waals surface area (Å²) in [5.74, 6) is -2.07. The van der Waals surface area contributed by atoms with E-state index in [0.29, 0.717) is 10.8 Å². The molecule has 172 valence electrons. The standard InChI is InChI=1S/C18H19ClN4OS.C2HF3O2/c1-11(2)24-16-8-7-12(9-14(16)19)17-21-22-18(25-17)23-15-6-4-3-5-13(15)10-20-23;3-2(4,5)1(6)7/h7-11H,3-6H2,1-2H3;(H,6,7). The van der Waals surface area contributed by atoms with Gasteiger partial charge in [-0.25, -0.2) is 9.48 Å². The van der Waals surface area contributed by atoms with E-state index in [4.69, 9.17) is 26.2 Å². The number of rotatable bonds is 4. The Morgan fingerprint density at radius 2 is 1.94 bits per heavy atom. The summed E-state index contributed by atoms with van der Waals surface area (Å²) >= 11 is 7.86. The second kappa shape index (κ2) is 9.86. The zero-order valence-electron chi connectivity index (χ0n) is 17.2. The topological polar surface area (TPSA) is 90.1 Å². The molecule has 0 saturated carbocycles. The maximum atomic E-state index is 10.6. The third-order valence-corrected chi connectivity index (χ3v) is 5.69. The van der Waals surface area contributed by atoms with Crippen LogP contribution in [0.5, 0.6) is 5.75 Å². The van der Waals surface area contributed by atoms with Gasteiger partial charge in [0.25, 0.3) is 0 Å². The number of carboxylic acid groups (broad SMARTS) is 1. The van der Waals surface area contributed by atoms with Gasteiger partial charge in [0.05, 0.1) is 23.0 Å². The van der Waals surface area contributed by atoms with Gasteiger partial charge in [0.15, 0.2) is 0 Å². The van der Waals surface area contributed by atoms with Crippen molar-refractivity contribution in [2.75, 3.05) is 0 Å². The number of aliphatic carboxylic acids is 1. The Morgan fingerprint density at radius 1 is 1.25 bits per heavy atom. The second-order valence-corrected chi connectivity index (χ2v) is 8.60. The number of aromatic nitrogens is 4. The molecule has 2 heterocycles. The number of ether oxygens (including phenoxy) is 1. The minimum atomic E-state index is -5.08. The molecule has 0 fully saturated rings. The van der Waals surface area contributed by atoms with Gasteiger partial charge in [0.1, 0.15) is 10.8 Å². The monoisotopic (exact) mass is 488 g/mol. The molecule has 0 saturated heterocycles. The zero-order chi connectivity index (χ0) is 23.5. The molecule has 2 aromatic heterocycles. The predicted molar refractivity (Wildman–Crippen MR) is 114 cm³/mol. The smallest absolute Gasteiger partial charge is 0.489 e. The van der Waals surface area contributed by atoms with Gasteiger partial charge >= 0.3 is 12.1 Å². The highest BCUT2D eigenvalue weighted by atomic mass is 35.5. The summed E-state index contributed by atoms with van der Waals surface area (Å²) in [5, 5.41) is 22.5. The average Bonchev–Trinajstić information content (AvgIpc) is 3.36. The summed E-state index contributed by atoms with van der Waals surface area (Å²) in [7, 11) is 0. The lowest BCUT2D eigenvalue weighted by atomic mass is 9.98. The number of benzene rings is 1. The number of carbonyl (C=O) groups is 1.